The van der Waals surface area contributed by atoms with Gasteiger partial charge in [-0.25, -0.2) is 8.42 Å². The molecule has 0 bridgehead atoms. The van der Waals surface area contributed by atoms with Crippen LogP contribution in [0.3, 0.4) is 0 Å². The smallest absolute Gasteiger partial charge is 0.147 e. The van der Waals surface area contributed by atoms with E-state index < -0.39 is 9.84 Å². The highest BCUT2D eigenvalue weighted by Crippen LogP contribution is 2.34. The first-order valence-corrected chi connectivity index (χ1v) is 9.48. The Bertz CT molecular complexity index is 513. The highest BCUT2D eigenvalue weighted by atomic mass is 32.2. The van der Waals surface area contributed by atoms with Crippen LogP contribution in [0.5, 0.6) is 0 Å². The van der Waals surface area contributed by atoms with Crippen molar-refractivity contribution in [3.05, 3.63) is 35.9 Å². The zero-order valence-electron chi connectivity index (χ0n) is 12.4. The van der Waals surface area contributed by atoms with Crippen LogP contribution in [0.25, 0.3) is 0 Å². The first-order valence-electron chi connectivity index (χ1n) is 7.42. The molecule has 112 valence electrons. The van der Waals surface area contributed by atoms with Crippen LogP contribution in [-0.2, 0) is 9.84 Å². The Labute approximate surface area is 122 Å². The lowest BCUT2D eigenvalue weighted by Gasteiger charge is -2.23. The van der Waals surface area contributed by atoms with Crippen LogP contribution in [-0.4, -0.2) is 33.0 Å². The van der Waals surface area contributed by atoms with Crippen molar-refractivity contribution in [2.24, 2.45) is 5.92 Å². The summed E-state index contributed by atoms with van der Waals surface area (Å²) in [4.78, 5) is 0. The highest BCUT2D eigenvalue weighted by molar-refractivity contribution is 7.90. The van der Waals surface area contributed by atoms with Gasteiger partial charge < -0.3 is 5.32 Å². The average Bonchev–Trinajstić information content (AvgIpc) is 2.83. The van der Waals surface area contributed by atoms with Gasteiger partial charge in [0.15, 0.2) is 0 Å². The fourth-order valence-electron chi connectivity index (χ4n) is 3.23. The summed E-state index contributed by atoms with van der Waals surface area (Å²) in [7, 11) is -2.87. The molecule has 20 heavy (non-hydrogen) atoms. The third kappa shape index (κ3) is 4.60. The molecule has 0 aliphatic heterocycles. The van der Waals surface area contributed by atoms with Gasteiger partial charge in [0.1, 0.15) is 9.84 Å². The van der Waals surface area contributed by atoms with Gasteiger partial charge in [-0.05, 0) is 36.8 Å². The zero-order chi connectivity index (χ0) is 14.6. The number of nitrogens with one attached hydrogen (secondary N) is 1. The molecule has 0 spiro atoms. The third-order valence-electron chi connectivity index (χ3n) is 4.06. The molecule has 1 fully saturated rings. The summed E-state index contributed by atoms with van der Waals surface area (Å²) in [6.45, 7) is 2.78. The summed E-state index contributed by atoms with van der Waals surface area (Å²) in [5.41, 5.74) is 1.40. The topological polar surface area (TPSA) is 46.2 Å². The van der Waals surface area contributed by atoms with Gasteiger partial charge in [0.2, 0.25) is 0 Å². The van der Waals surface area contributed by atoms with Crippen molar-refractivity contribution in [1.29, 1.82) is 0 Å². The van der Waals surface area contributed by atoms with Crippen LogP contribution < -0.4 is 5.32 Å². The molecule has 4 heteroatoms. The van der Waals surface area contributed by atoms with Crippen molar-refractivity contribution in [1.82, 2.24) is 5.32 Å². The van der Waals surface area contributed by atoms with Crippen molar-refractivity contribution in [3.63, 3.8) is 0 Å². The van der Waals surface area contributed by atoms with Gasteiger partial charge in [-0.2, -0.15) is 0 Å². The van der Waals surface area contributed by atoms with Crippen LogP contribution in [0.15, 0.2) is 30.3 Å². The number of benzene rings is 1. The molecule has 0 amide bonds. The van der Waals surface area contributed by atoms with Gasteiger partial charge in [-0.3, -0.25) is 0 Å². The SMILES string of the molecule is C[C@H](CN[C@H]1CCC[C@@H]1c1ccccc1)CS(C)(=O)=O. The standard InChI is InChI=1S/C16H25NO2S/c1-13(12-20(2,18)19)11-17-16-10-6-9-15(16)14-7-4-3-5-8-14/h3-5,7-8,13,15-17H,6,9-12H2,1-2H3/t13-,15-,16+/m1/s1. The minimum absolute atomic E-state index is 0.169. The second kappa shape index (κ2) is 6.72. The molecule has 0 unspecified atom stereocenters. The van der Waals surface area contributed by atoms with Crippen molar-refractivity contribution >= 4 is 9.84 Å². The normalized spacial score (nSPS) is 24.7. The molecule has 1 aliphatic rings. The predicted octanol–water partition coefficient (Wildman–Crippen LogP) is 2.59. The van der Waals surface area contributed by atoms with E-state index in [4.69, 9.17) is 0 Å². The van der Waals surface area contributed by atoms with E-state index in [0.29, 0.717) is 12.0 Å². The molecule has 0 heterocycles. The van der Waals surface area contributed by atoms with Crippen LogP contribution >= 0.6 is 0 Å². The molecule has 3 atom stereocenters. The van der Waals surface area contributed by atoms with Gasteiger partial charge in [0.25, 0.3) is 0 Å². The lowest BCUT2D eigenvalue weighted by atomic mass is 9.94. The Morgan fingerprint density at radius 2 is 1.95 bits per heavy atom. The Kier molecular flexibility index (Phi) is 5.22. The molecule has 0 saturated heterocycles. The number of sulfone groups is 1. The maximum absolute atomic E-state index is 11.3. The van der Waals surface area contributed by atoms with Crippen LogP contribution in [0.4, 0.5) is 0 Å². The van der Waals surface area contributed by atoms with E-state index in [2.05, 4.69) is 35.6 Å². The summed E-state index contributed by atoms with van der Waals surface area (Å²) in [5, 5.41) is 3.59. The molecule has 0 aromatic heterocycles. The van der Waals surface area contributed by atoms with Crippen LogP contribution in [0.1, 0.15) is 37.7 Å². The molecule has 2 rings (SSSR count). The molecule has 1 N–H and O–H groups in total. The lowest BCUT2D eigenvalue weighted by molar-refractivity contribution is 0.438. The highest BCUT2D eigenvalue weighted by Gasteiger charge is 2.28. The number of hydrogen-bond acceptors (Lipinski definition) is 3. The van der Waals surface area contributed by atoms with Gasteiger partial charge in [-0.1, -0.05) is 43.7 Å². The minimum Gasteiger partial charge on any atom is -0.313 e. The maximum atomic E-state index is 11.3. The van der Waals surface area contributed by atoms with Gasteiger partial charge >= 0.3 is 0 Å². The fourth-order valence-corrected chi connectivity index (χ4v) is 4.38. The summed E-state index contributed by atoms with van der Waals surface area (Å²) >= 11 is 0. The van der Waals surface area contributed by atoms with E-state index in [0.717, 1.165) is 6.54 Å². The summed E-state index contributed by atoms with van der Waals surface area (Å²) in [6.07, 6.45) is 4.97. The Morgan fingerprint density at radius 1 is 1.25 bits per heavy atom. The minimum atomic E-state index is -2.87. The molecular weight excluding hydrogens is 270 g/mol. The average molecular weight is 295 g/mol. The predicted molar refractivity (Wildman–Crippen MR) is 83.7 cm³/mol. The van der Waals surface area contributed by atoms with Crippen LogP contribution in [0.2, 0.25) is 0 Å². The lowest BCUT2D eigenvalue weighted by Crippen LogP contribution is -2.36. The molecule has 0 radical (unpaired) electrons. The molecule has 1 aromatic rings. The zero-order valence-corrected chi connectivity index (χ0v) is 13.2. The fraction of sp³-hybridized carbons (Fsp3) is 0.625. The quantitative estimate of drug-likeness (QED) is 0.877. The van der Waals surface area contributed by atoms with E-state index >= 15 is 0 Å². The maximum Gasteiger partial charge on any atom is 0.147 e. The summed E-state index contributed by atoms with van der Waals surface area (Å²) in [5.74, 6) is 1.01. The number of hydrogen-bond donors (Lipinski definition) is 1. The van der Waals surface area contributed by atoms with Crippen molar-refractivity contribution in [2.75, 3.05) is 18.6 Å². The molecule has 1 aliphatic carbocycles. The van der Waals surface area contributed by atoms with E-state index in [1.165, 1.54) is 31.1 Å². The van der Waals surface area contributed by atoms with E-state index in [1.807, 2.05) is 6.92 Å². The van der Waals surface area contributed by atoms with Crippen molar-refractivity contribution in [2.45, 2.75) is 38.1 Å². The van der Waals surface area contributed by atoms with Crippen molar-refractivity contribution < 1.29 is 8.42 Å². The van der Waals surface area contributed by atoms with Gasteiger partial charge in [0.05, 0.1) is 5.75 Å². The summed E-state index contributed by atoms with van der Waals surface area (Å²) < 4.78 is 22.6. The second-order valence-corrected chi connectivity index (χ2v) is 8.35. The first-order chi connectivity index (χ1) is 9.46. The first kappa shape index (κ1) is 15.5. The summed E-state index contributed by atoms with van der Waals surface area (Å²) in [6, 6.07) is 11.1. The van der Waals surface area contributed by atoms with Crippen molar-refractivity contribution in [3.8, 4) is 0 Å². The van der Waals surface area contributed by atoms with Gasteiger partial charge in [-0.15, -0.1) is 0 Å². The molecule has 1 saturated carbocycles. The monoisotopic (exact) mass is 295 g/mol. The Balaban J connectivity index is 1.89. The van der Waals surface area contributed by atoms with E-state index in [9.17, 15) is 8.42 Å². The largest absolute Gasteiger partial charge is 0.313 e. The van der Waals surface area contributed by atoms with Crippen LogP contribution in [0, 0.1) is 5.92 Å². The molecule has 3 nitrogen and oxygen atoms in total. The molecule has 1 aromatic carbocycles. The van der Waals surface area contributed by atoms with E-state index in [-0.39, 0.29) is 11.7 Å². The van der Waals surface area contributed by atoms with Gasteiger partial charge in [0, 0.05) is 12.3 Å². The second-order valence-electron chi connectivity index (χ2n) is 6.16. The van der Waals surface area contributed by atoms with E-state index in [1.54, 1.807) is 0 Å². The Hall–Kier alpha value is -0.870. The third-order valence-corrected chi connectivity index (χ3v) is 5.23. The Morgan fingerprint density at radius 3 is 2.60 bits per heavy atom. The molecular formula is C16H25NO2S. The number of rotatable bonds is 6.